The molecule has 19 heavy (non-hydrogen) atoms. The highest BCUT2D eigenvalue weighted by molar-refractivity contribution is 7.87. The average molecular weight is 288 g/mol. The van der Waals surface area contributed by atoms with Crippen LogP contribution in [0.5, 0.6) is 0 Å². The molecule has 2 heterocycles. The predicted molar refractivity (Wildman–Crippen MR) is 74.1 cm³/mol. The van der Waals surface area contributed by atoms with Crippen LogP contribution in [0.4, 0.5) is 0 Å². The van der Waals surface area contributed by atoms with E-state index < -0.39 is 10.2 Å². The summed E-state index contributed by atoms with van der Waals surface area (Å²) in [6.07, 6.45) is 3.79. The molecule has 110 valence electrons. The molecule has 6 nitrogen and oxygen atoms in total. The second-order valence-corrected chi connectivity index (χ2v) is 7.64. The Morgan fingerprint density at radius 1 is 1.11 bits per heavy atom. The molecule has 2 aliphatic heterocycles. The van der Waals surface area contributed by atoms with E-state index in [1.165, 1.54) is 12.8 Å². The highest BCUT2D eigenvalue weighted by Gasteiger charge is 2.35. The van der Waals surface area contributed by atoms with Crippen molar-refractivity contribution in [3.05, 3.63) is 0 Å². The summed E-state index contributed by atoms with van der Waals surface area (Å²) in [4.78, 5) is 2.52. The Hall–Kier alpha value is -0.210. The fourth-order valence-corrected chi connectivity index (χ4v) is 4.29. The summed E-state index contributed by atoms with van der Waals surface area (Å²) in [5.74, 6) is 0.485. The van der Waals surface area contributed by atoms with Crippen LogP contribution in [0.25, 0.3) is 0 Å². The molecular weight excluding hydrogens is 264 g/mol. The molecule has 1 saturated carbocycles. The molecule has 0 aromatic carbocycles. The van der Waals surface area contributed by atoms with Crippen LogP contribution >= 0.6 is 0 Å². The second-order valence-electron chi connectivity index (χ2n) is 5.88. The maximum atomic E-state index is 12.1. The van der Waals surface area contributed by atoms with Gasteiger partial charge in [0, 0.05) is 45.3 Å². The van der Waals surface area contributed by atoms with Gasteiger partial charge in [0.1, 0.15) is 0 Å². The molecular formula is C12H24N4O2S. The molecule has 1 aliphatic carbocycles. The largest absolute Gasteiger partial charge is 0.314 e. The minimum atomic E-state index is -3.27. The first-order valence-electron chi connectivity index (χ1n) is 7.35. The van der Waals surface area contributed by atoms with Crippen molar-refractivity contribution in [3.8, 4) is 0 Å². The van der Waals surface area contributed by atoms with Crippen molar-refractivity contribution in [2.24, 2.45) is 5.92 Å². The third-order valence-electron chi connectivity index (χ3n) is 4.35. The normalized spacial score (nSPS) is 30.8. The lowest BCUT2D eigenvalue weighted by atomic mass is 10.1. The zero-order valence-electron chi connectivity index (χ0n) is 11.3. The zero-order valence-corrected chi connectivity index (χ0v) is 12.2. The van der Waals surface area contributed by atoms with Crippen LogP contribution in [-0.4, -0.2) is 69.5 Å². The number of likely N-dealkylation sites (tertiary alicyclic amines) is 1. The molecule has 0 aromatic heterocycles. The number of piperazine rings is 1. The first kappa shape index (κ1) is 13.8. The molecule has 0 spiro atoms. The quantitative estimate of drug-likeness (QED) is 0.696. The van der Waals surface area contributed by atoms with E-state index in [4.69, 9.17) is 0 Å². The number of rotatable bonds is 5. The van der Waals surface area contributed by atoms with Crippen molar-refractivity contribution in [1.29, 1.82) is 0 Å². The molecule has 0 aromatic rings. The first-order chi connectivity index (χ1) is 9.15. The highest BCUT2D eigenvalue weighted by Crippen LogP contribution is 2.31. The summed E-state index contributed by atoms with van der Waals surface area (Å²) >= 11 is 0. The van der Waals surface area contributed by atoms with Gasteiger partial charge >= 0.3 is 0 Å². The summed E-state index contributed by atoms with van der Waals surface area (Å²) in [6, 6.07) is 0.801. The van der Waals surface area contributed by atoms with Crippen LogP contribution in [0.1, 0.15) is 19.3 Å². The summed E-state index contributed by atoms with van der Waals surface area (Å²) in [6.45, 7) is 5.46. The van der Waals surface area contributed by atoms with Crippen LogP contribution in [0.3, 0.4) is 0 Å². The van der Waals surface area contributed by atoms with Gasteiger partial charge in [0.15, 0.2) is 0 Å². The Morgan fingerprint density at radius 3 is 2.53 bits per heavy atom. The van der Waals surface area contributed by atoms with Gasteiger partial charge in [-0.15, -0.1) is 0 Å². The molecule has 0 radical (unpaired) electrons. The number of nitrogens with one attached hydrogen (secondary N) is 2. The lowest BCUT2D eigenvalue weighted by Gasteiger charge is -2.27. The topological polar surface area (TPSA) is 64.7 Å². The van der Waals surface area contributed by atoms with Crippen LogP contribution < -0.4 is 10.0 Å². The van der Waals surface area contributed by atoms with E-state index in [1.807, 2.05) is 0 Å². The van der Waals surface area contributed by atoms with Gasteiger partial charge in [-0.25, -0.2) is 4.72 Å². The van der Waals surface area contributed by atoms with Crippen molar-refractivity contribution in [2.75, 3.05) is 45.8 Å². The van der Waals surface area contributed by atoms with Crippen LogP contribution in [0, 0.1) is 5.92 Å². The van der Waals surface area contributed by atoms with E-state index >= 15 is 0 Å². The van der Waals surface area contributed by atoms with Gasteiger partial charge in [-0.1, -0.05) is 0 Å². The van der Waals surface area contributed by atoms with Crippen LogP contribution in [0.15, 0.2) is 0 Å². The van der Waals surface area contributed by atoms with Crippen LogP contribution in [0.2, 0.25) is 0 Å². The van der Waals surface area contributed by atoms with Crippen molar-refractivity contribution in [2.45, 2.75) is 25.3 Å². The molecule has 1 unspecified atom stereocenters. The number of hydrogen-bond donors (Lipinski definition) is 2. The van der Waals surface area contributed by atoms with E-state index in [0.717, 1.165) is 38.6 Å². The lowest BCUT2D eigenvalue weighted by molar-refractivity contribution is 0.312. The second kappa shape index (κ2) is 5.65. The van der Waals surface area contributed by atoms with Gasteiger partial charge < -0.3 is 10.2 Å². The number of hydrogen-bond acceptors (Lipinski definition) is 4. The fraction of sp³-hybridized carbons (Fsp3) is 1.00. The summed E-state index contributed by atoms with van der Waals surface area (Å²) in [5, 5.41) is 3.17. The molecule has 3 aliphatic rings. The molecule has 2 N–H and O–H groups in total. The summed E-state index contributed by atoms with van der Waals surface area (Å²) in [5.41, 5.74) is 0. The van der Waals surface area contributed by atoms with Gasteiger partial charge in [0.2, 0.25) is 0 Å². The SMILES string of the molecule is O=S(=O)(NCC1CCN(C2CC2)C1)N1CCNCC1. The highest BCUT2D eigenvalue weighted by atomic mass is 32.2. The fourth-order valence-electron chi connectivity index (χ4n) is 3.00. The monoisotopic (exact) mass is 288 g/mol. The maximum Gasteiger partial charge on any atom is 0.279 e. The first-order valence-corrected chi connectivity index (χ1v) is 8.79. The minimum Gasteiger partial charge on any atom is -0.314 e. The van der Waals surface area contributed by atoms with Gasteiger partial charge in [-0.2, -0.15) is 12.7 Å². The van der Waals surface area contributed by atoms with Gasteiger partial charge in [0.25, 0.3) is 10.2 Å². The Morgan fingerprint density at radius 2 is 1.84 bits per heavy atom. The third kappa shape index (κ3) is 3.46. The molecule has 1 atom stereocenters. The Bertz CT molecular complexity index is 404. The maximum absolute atomic E-state index is 12.1. The van der Waals surface area contributed by atoms with E-state index in [-0.39, 0.29) is 0 Å². The molecule has 0 amide bonds. The average Bonchev–Trinajstić information content (AvgIpc) is 3.17. The minimum absolute atomic E-state index is 0.485. The van der Waals surface area contributed by atoms with E-state index in [2.05, 4.69) is 14.9 Å². The van der Waals surface area contributed by atoms with Gasteiger partial charge in [-0.05, 0) is 31.7 Å². The molecule has 3 fully saturated rings. The Labute approximate surface area is 115 Å². The van der Waals surface area contributed by atoms with Gasteiger partial charge in [0.05, 0.1) is 0 Å². The molecule has 7 heteroatoms. The number of nitrogens with zero attached hydrogens (tertiary/aromatic N) is 2. The Balaban J connectivity index is 1.45. The summed E-state index contributed by atoms with van der Waals surface area (Å²) in [7, 11) is -3.27. The standard InChI is InChI=1S/C12H24N4O2S/c17-19(18,16-7-4-13-5-8-16)14-9-11-3-6-15(10-11)12-1-2-12/h11-14H,1-10H2. The Kier molecular flexibility index (Phi) is 4.09. The smallest absolute Gasteiger partial charge is 0.279 e. The van der Waals surface area contributed by atoms with E-state index in [0.29, 0.717) is 25.6 Å². The zero-order chi connectivity index (χ0) is 13.3. The molecule has 3 rings (SSSR count). The summed E-state index contributed by atoms with van der Waals surface area (Å²) < 4.78 is 28.6. The van der Waals surface area contributed by atoms with E-state index in [9.17, 15) is 8.42 Å². The molecule has 0 bridgehead atoms. The van der Waals surface area contributed by atoms with Crippen molar-refractivity contribution < 1.29 is 8.42 Å². The molecule has 2 saturated heterocycles. The van der Waals surface area contributed by atoms with Crippen LogP contribution in [-0.2, 0) is 10.2 Å². The third-order valence-corrected chi connectivity index (χ3v) is 5.93. The van der Waals surface area contributed by atoms with Crippen molar-refractivity contribution >= 4 is 10.2 Å². The predicted octanol–water partition coefficient (Wildman–Crippen LogP) is -0.790. The van der Waals surface area contributed by atoms with Gasteiger partial charge in [-0.3, -0.25) is 0 Å². The van der Waals surface area contributed by atoms with Crippen molar-refractivity contribution in [1.82, 2.24) is 19.2 Å². The lowest BCUT2D eigenvalue weighted by Crippen LogP contribution is -2.51. The van der Waals surface area contributed by atoms with Crippen molar-refractivity contribution in [3.63, 3.8) is 0 Å². The van der Waals surface area contributed by atoms with E-state index in [1.54, 1.807) is 4.31 Å².